The Morgan fingerprint density at radius 3 is 2.80 bits per heavy atom. The molecule has 25 heavy (non-hydrogen) atoms. The number of nitrogens with two attached hydrogens (primary N) is 1. The Bertz CT molecular complexity index is 902. The molecule has 3 N–H and O–H groups in total. The van der Waals surface area contributed by atoms with Crippen molar-refractivity contribution in [3.05, 3.63) is 23.2 Å². The number of anilines is 2. The fraction of sp³-hybridized carbons (Fsp3) is 0.400. The van der Waals surface area contributed by atoms with Gasteiger partial charge in [-0.1, -0.05) is 0 Å². The lowest BCUT2D eigenvalue weighted by atomic mass is 9.85. The molecule has 4 rings (SSSR count). The normalized spacial score (nSPS) is 20.7. The molecule has 0 spiro atoms. The maximum absolute atomic E-state index is 12.3. The van der Waals surface area contributed by atoms with E-state index in [1.807, 2.05) is 9.95 Å². The molecule has 0 aliphatic heterocycles. The topological polar surface area (TPSA) is 112 Å². The van der Waals surface area contributed by atoms with E-state index in [-0.39, 0.29) is 29.0 Å². The van der Waals surface area contributed by atoms with Gasteiger partial charge in [0.2, 0.25) is 11.2 Å². The molecule has 130 valence electrons. The molecule has 3 aromatic heterocycles. The summed E-state index contributed by atoms with van der Waals surface area (Å²) in [7, 11) is 0. The summed E-state index contributed by atoms with van der Waals surface area (Å²) in [6.07, 6.45) is 6.74. The lowest BCUT2D eigenvalue weighted by Crippen LogP contribution is -2.28. The Hall–Kier alpha value is -2.26. The van der Waals surface area contributed by atoms with Crippen molar-refractivity contribution in [3.8, 4) is 0 Å². The summed E-state index contributed by atoms with van der Waals surface area (Å²) in [5.41, 5.74) is 7.07. The third kappa shape index (κ3) is 3.16. The van der Waals surface area contributed by atoms with Crippen molar-refractivity contribution < 1.29 is 4.79 Å². The molecule has 0 bridgehead atoms. The number of amides is 1. The van der Waals surface area contributed by atoms with Gasteiger partial charge in [-0.25, -0.2) is 9.97 Å². The first-order valence-electron chi connectivity index (χ1n) is 7.97. The van der Waals surface area contributed by atoms with Crippen molar-refractivity contribution in [1.29, 1.82) is 0 Å². The number of carbonyl (C=O) groups is 1. The second-order valence-corrected chi connectivity index (χ2v) is 7.27. The van der Waals surface area contributed by atoms with Gasteiger partial charge in [-0.2, -0.15) is 9.97 Å². The minimum absolute atomic E-state index is 0.00165. The number of carbonyl (C=O) groups excluding carboxylic acids is 1. The molecule has 3 aromatic rings. The van der Waals surface area contributed by atoms with E-state index in [9.17, 15) is 4.79 Å². The molecular weight excluding hydrogens is 362 g/mol. The molecule has 1 fully saturated rings. The van der Waals surface area contributed by atoms with E-state index >= 15 is 0 Å². The molecule has 0 atom stereocenters. The van der Waals surface area contributed by atoms with Crippen LogP contribution in [0.5, 0.6) is 0 Å². The van der Waals surface area contributed by atoms with Gasteiger partial charge in [0, 0.05) is 23.5 Å². The van der Waals surface area contributed by atoms with E-state index in [2.05, 4.69) is 25.3 Å². The quantitative estimate of drug-likeness (QED) is 0.679. The molecule has 0 unspecified atom stereocenters. The zero-order valence-electron chi connectivity index (χ0n) is 13.2. The van der Waals surface area contributed by atoms with Gasteiger partial charge in [-0.05, 0) is 37.3 Å². The molecule has 8 nitrogen and oxygen atoms in total. The number of fused-ring (bicyclic) bond motifs is 1. The Morgan fingerprint density at radius 2 is 2.08 bits per heavy atom. The van der Waals surface area contributed by atoms with Gasteiger partial charge in [0.05, 0.1) is 6.33 Å². The first kappa shape index (κ1) is 16.2. The number of aromatic nitrogens is 5. The summed E-state index contributed by atoms with van der Waals surface area (Å²) in [6, 6.07) is 0.222. The smallest absolute Gasteiger partial charge is 0.229 e. The van der Waals surface area contributed by atoms with Crippen LogP contribution in [0, 0.1) is 5.92 Å². The van der Waals surface area contributed by atoms with Gasteiger partial charge in [0.1, 0.15) is 5.52 Å². The molecule has 0 radical (unpaired) electrons. The number of hydrogen-bond acceptors (Lipinski definition) is 7. The third-order valence-corrected chi connectivity index (χ3v) is 5.40. The maximum Gasteiger partial charge on any atom is 0.229 e. The summed E-state index contributed by atoms with van der Waals surface area (Å²) >= 11 is 7.35. The molecule has 1 aliphatic carbocycles. The zero-order valence-corrected chi connectivity index (χ0v) is 14.8. The van der Waals surface area contributed by atoms with Crippen LogP contribution in [0.3, 0.4) is 0 Å². The zero-order chi connectivity index (χ0) is 17.4. The molecule has 1 amide bonds. The summed E-state index contributed by atoms with van der Waals surface area (Å²) in [5.74, 6) is 0.321. The number of nitrogens with zero attached hydrogens (tertiary/aromatic N) is 5. The van der Waals surface area contributed by atoms with Gasteiger partial charge < -0.3 is 15.6 Å². The van der Waals surface area contributed by atoms with E-state index in [1.165, 1.54) is 11.3 Å². The predicted octanol–water partition coefficient (Wildman–Crippen LogP) is 2.89. The number of nitrogens with one attached hydrogen (secondary N) is 1. The monoisotopic (exact) mass is 377 g/mol. The van der Waals surface area contributed by atoms with Crippen LogP contribution in [-0.4, -0.2) is 30.4 Å². The number of rotatable bonds is 3. The molecule has 1 saturated carbocycles. The van der Waals surface area contributed by atoms with Crippen LogP contribution in [0.25, 0.3) is 11.2 Å². The van der Waals surface area contributed by atoms with Gasteiger partial charge in [0.15, 0.2) is 16.6 Å². The number of thiazole rings is 1. The van der Waals surface area contributed by atoms with E-state index in [0.29, 0.717) is 16.3 Å². The average molecular weight is 378 g/mol. The highest BCUT2D eigenvalue weighted by Gasteiger charge is 2.28. The number of halogens is 1. The largest absolute Gasteiger partial charge is 0.382 e. The Kier molecular flexibility index (Phi) is 4.26. The summed E-state index contributed by atoms with van der Waals surface area (Å²) in [4.78, 5) is 28.9. The van der Waals surface area contributed by atoms with Crippen molar-refractivity contribution in [1.82, 2.24) is 24.5 Å². The van der Waals surface area contributed by atoms with Crippen LogP contribution in [0.15, 0.2) is 17.9 Å². The maximum atomic E-state index is 12.3. The van der Waals surface area contributed by atoms with Crippen LogP contribution in [-0.2, 0) is 4.79 Å². The second-order valence-electron chi connectivity index (χ2n) is 6.03. The Balaban J connectivity index is 1.46. The minimum Gasteiger partial charge on any atom is -0.382 e. The van der Waals surface area contributed by atoms with Crippen molar-refractivity contribution in [2.24, 2.45) is 5.92 Å². The molecule has 10 heteroatoms. The van der Waals surface area contributed by atoms with Crippen molar-refractivity contribution in [2.75, 3.05) is 11.1 Å². The predicted molar refractivity (Wildman–Crippen MR) is 96.5 cm³/mol. The van der Waals surface area contributed by atoms with Gasteiger partial charge in [0.25, 0.3) is 0 Å². The van der Waals surface area contributed by atoms with Crippen LogP contribution < -0.4 is 11.1 Å². The number of nitrogen functional groups attached to an aromatic ring is 1. The third-order valence-electron chi connectivity index (χ3n) is 4.54. The molecule has 1 aliphatic rings. The van der Waals surface area contributed by atoms with Crippen molar-refractivity contribution in [3.63, 3.8) is 0 Å². The second kappa shape index (κ2) is 6.57. The fourth-order valence-electron chi connectivity index (χ4n) is 3.29. The number of hydrogen-bond donors (Lipinski definition) is 2. The lowest BCUT2D eigenvalue weighted by molar-refractivity contribution is -0.120. The minimum atomic E-state index is -0.00165. The fourth-order valence-corrected chi connectivity index (χ4v) is 3.99. The molecule has 3 heterocycles. The van der Waals surface area contributed by atoms with E-state index in [4.69, 9.17) is 17.3 Å². The summed E-state index contributed by atoms with van der Waals surface area (Å²) in [5, 5.41) is 5.48. The first-order chi connectivity index (χ1) is 12.1. The van der Waals surface area contributed by atoms with Crippen LogP contribution >= 0.6 is 22.9 Å². The first-order valence-corrected chi connectivity index (χ1v) is 9.23. The van der Waals surface area contributed by atoms with Gasteiger partial charge in [-0.15, -0.1) is 11.3 Å². The summed E-state index contributed by atoms with van der Waals surface area (Å²) < 4.78 is 1.99. The highest BCUT2D eigenvalue weighted by Crippen LogP contribution is 2.35. The van der Waals surface area contributed by atoms with Gasteiger partial charge in [-0.3, -0.25) is 4.79 Å². The van der Waals surface area contributed by atoms with Crippen molar-refractivity contribution >= 4 is 51.0 Å². The number of imidazole rings is 1. The SMILES string of the molecule is Nc1nc(Cl)nc2c1ncn2[C@H]1CC[C@@H](C(=O)Nc2nccs2)CC1. The molecular formula is C15H16ClN7OS. The highest BCUT2D eigenvalue weighted by molar-refractivity contribution is 7.13. The van der Waals surface area contributed by atoms with Crippen LogP contribution in [0.4, 0.5) is 10.9 Å². The van der Waals surface area contributed by atoms with E-state index in [1.54, 1.807) is 12.5 Å². The van der Waals surface area contributed by atoms with Gasteiger partial charge >= 0.3 is 0 Å². The molecule has 0 aromatic carbocycles. The van der Waals surface area contributed by atoms with E-state index in [0.717, 1.165) is 25.7 Å². The van der Waals surface area contributed by atoms with E-state index < -0.39 is 0 Å². The van der Waals surface area contributed by atoms with Crippen molar-refractivity contribution in [2.45, 2.75) is 31.7 Å². The Labute approximate surface area is 152 Å². The van der Waals surface area contributed by atoms with Crippen LogP contribution in [0.2, 0.25) is 5.28 Å². The van der Waals surface area contributed by atoms with Crippen LogP contribution in [0.1, 0.15) is 31.7 Å². The highest BCUT2D eigenvalue weighted by atomic mass is 35.5. The lowest BCUT2D eigenvalue weighted by Gasteiger charge is -2.28. The standard InChI is InChI=1S/C15H16ClN7OS/c16-14-20-11(17)10-12(21-14)23(7-19-10)9-3-1-8(2-4-9)13(24)22-15-18-5-6-25-15/h5-9H,1-4H2,(H2,17,20,21)(H,18,22,24)/t8-,9+. The average Bonchev–Trinajstić information content (AvgIpc) is 3.24. The molecule has 0 saturated heterocycles. The Morgan fingerprint density at radius 1 is 1.28 bits per heavy atom. The summed E-state index contributed by atoms with van der Waals surface area (Å²) in [6.45, 7) is 0.